The van der Waals surface area contributed by atoms with Gasteiger partial charge in [0.25, 0.3) is 15.7 Å². The average Bonchev–Trinajstić information content (AvgIpc) is 3.27. The molecule has 1 N–H and O–H groups in total. The van der Waals surface area contributed by atoms with Crippen LogP contribution in [-0.2, 0) is 14.8 Å². The molecule has 9 nitrogen and oxygen atoms in total. The number of carbonyl (C=O) groups is 1. The number of nitrogens with one attached hydrogen (secondary N) is 1. The molecule has 0 atom stereocenters. The van der Waals surface area contributed by atoms with Crippen molar-refractivity contribution in [3.8, 4) is 0 Å². The molecule has 1 heterocycles. The molecule has 0 aliphatic heterocycles. The third kappa shape index (κ3) is 4.78. The Morgan fingerprint density at radius 1 is 1.00 bits per heavy atom. The summed E-state index contributed by atoms with van der Waals surface area (Å²) in [6.07, 6.45) is 0. The van der Waals surface area contributed by atoms with Crippen molar-refractivity contribution in [3.05, 3.63) is 101 Å². The highest BCUT2D eigenvalue weighted by Crippen LogP contribution is 2.30. The molecular formula is C26H20N4O5S2. The molecular weight excluding hydrogens is 512 g/mol. The number of hydrogen-bond acceptors (Lipinski definition) is 7. The maximum Gasteiger partial charge on any atom is 0.270 e. The van der Waals surface area contributed by atoms with E-state index in [1.165, 1.54) is 22.2 Å². The number of nitro benzene ring substituents is 1. The predicted molar refractivity (Wildman–Crippen MR) is 143 cm³/mol. The van der Waals surface area contributed by atoms with E-state index in [4.69, 9.17) is 0 Å². The molecule has 0 bridgehead atoms. The van der Waals surface area contributed by atoms with Gasteiger partial charge in [-0.1, -0.05) is 54.2 Å². The first kappa shape index (κ1) is 24.5. The minimum absolute atomic E-state index is 0.0718. The number of hydrogen-bond donors (Lipinski definition) is 1. The Bertz CT molecular complexity index is 1800. The molecule has 4 aromatic carbocycles. The van der Waals surface area contributed by atoms with Crippen LogP contribution in [-0.4, -0.2) is 34.0 Å². The number of thioether (sulfide) groups is 1. The van der Waals surface area contributed by atoms with E-state index in [1.807, 2.05) is 24.3 Å². The molecule has 1 amide bonds. The van der Waals surface area contributed by atoms with Crippen LogP contribution in [0.15, 0.2) is 95.0 Å². The number of carbonyl (C=O) groups excluding carboxylic acids is 1. The van der Waals surface area contributed by atoms with Crippen molar-refractivity contribution >= 4 is 60.9 Å². The molecule has 5 aromatic rings. The predicted octanol–water partition coefficient (Wildman–Crippen LogP) is 5.37. The number of aromatic nitrogens is 2. The number of amides is 1. The van der Waals surface area contributed by atoms with Crippen LogP contribution in [0.1, 0.15) is 5.56 Å². The topological polar surface area (TPSA) is 124 Å². The summed E-state index contributed by atoms with van der Waals surface area (Å²) >= 11 is 0.992. The number of para-hydroxylation sites is 2. The van der Waals surface area contributed by atoms with E-state index in [0.29, 0.717) is 22.3 Å². The maximum atomic E-state index is 13.8. The minimum Gasteiger partial charge on any atom is -0.325 e. The van der Waals surface area contributed by atoms with Gasteiger partial charge in [-0.15, -0.1) is 0 Å². The summed E-state index contributed by atoms with van der Waals surface area (Å²) in [5, 5.41) is 15.5. The number of nitro groups is 1. The highest BCUT2D eigenvalue weighted by atomic mass is 32.2. The van der Waals surface area contributed by atoms with E-state index in [-0.39, 0.29) is 21.5 Å². The molecule has 186 valence electrons. The minimum atomic E-state index is -4.03. The summed E-state index contributed by atoms with van der Waals surface area (Å²) in [5.74, 6) is -0.517. The Balaban J connectivity index is 1.45. The molecule has 0 saturated heterocycles. The number of non-ortho nitro benzene ring substituents is 1. The van der Waals surface area contributed by atoms with Gasteiger partial charge in [-0.3, -0.25) is 14.9 Å². The molecule has 37 heavy (non-hydrogen) atoms. The van der Waals surface area contributed by atoms with Crippen LogP contribution >= 0.6 is 11.8 Å². The lowest BCUT2D eigenvalue weighted by atomic mass is 10.1. The number of aryl methyl sites for hydroxylation is 1. The fraction of sp³-hybridized carbons (Fsp3) is 0.0769. The molecule has 0 fully saturated rings. The Hall–Kier alpha value is -4.22. The smallest absolute Gasteiger partial charge is 0.270 e. The first-order valence-electron chi connectivity index (χ1n) is 11.1. The van der Waals surface area contributed by atoms with E-state index in [0.717, 1.165) is 22.5 Å². The summed E-state index contributed by atoms with van der Waals surface area (Å²) in [6, 6.07) is 23.5. The van der Waals surface area contributed by atoms with Crippen molar-refractivity contribution in [2.75, 3.05) is 11.1 Å². The molecule has 0 spiro atoms. The van der Waals surface area contributed by atoms with Gasteiger partial charge >= 0.3 is 0 Å². The van der Waals surface area contributed by atoms with Gasteiger partial charge in [-0.05, 0) is 53.6 Å². The molecule has 0 saturated carbocycles. The fourth-order valence-corrected chi connectivity index (χ4v) is 6.51. The summed E-state index contributed by atoms with van der Waals surface area (Å²) < 4.78 is 28.8. The van der Waals surface area contributed by atoms with Crippen molar-refractivity contribution in [2.45, 2.75) is 17.0 Å². The Morgan fingerprint density at radius 2 is 1.73 bits per heavy atom. The zero-order chi connectivity index (χ0) is 26.2. The van der Waals surface area contributed by atoms with Gasteiger partial charge in [0, 0.05) is 17.8 Å². The zero-order valence-corrected chi connectivity index (χ0v) is 21.1. The standard InChI is InChI=1S/C26H20N4O5S2/c1-17-14-20(30(32)33)11-13-22(17)27-25(31)16-36-26-28-23-8-4-5-9-24(23)29(26)37(34,35)21-12-10-18-6-2-3-7-19(18)15-21/h2-15H,16H2,1H3,(H,27,31). The lowest BCUT2D eigenvalue weighted by Gasteiger charge is -2.12. The monoisotopic (exact) mass is 532 g/mol. The van der Waals surface area contributed by atoms with Gasteiger partial charge in [-0.25, -0.2) is 17.4 Å². The SMILES string of the molecule is Cc1cc([N+](=O)[O-])ccc1NC(=O)CSc1nc2ccccc2n1S(=O)(=O)c1ccc2ccccc2c1. The summed E-state index contributed by atoms with van der Waals surface area (Å²) in [6.45, 7) is 1.66. The summed E-state index contributed by atoms with van der Waals surface area (Å²) in [4.78, 5) is 27.7. The van der Waals surface area contributed by atoms with Gasteiger partial charge in [-0.2, -0.15) is 0 Å². The second-order valence-corrected chi connectivity index (χ2v) is 11.0. The van der Waals surface area contributed by atoms with E-state index in [2.05, 4.69) is 10.3 Å². The van der Waals surface area contributed by atoms with Crippen LogP contribution in [0.25, 0.3) is 21.8 Å². The van der Waals surface area contributed by atoms with Gasteiger partial charge in [0.2, 0.25) is 5.91 Å². The van der Waals surface area contributed by atoms with Crippen LogP contribution in [0.4, 0.5) is 11.4 Å². The second-order valence-electron chi connectivity index (χ2n) is 8.25. The van der Waals surface area contributed by atoms with E-state index >= 15 is 0 Å². The molecule has 11 heteroatoms. The quantitative estimate of drug-likeness (QED) is 0.170. The Morgan fingerprint density at radius 3 is 2.49 bits per heavy atom. The van der Waals surface area contributed by atoms with Crippen LogP contribution in [0, 0.1) is 17.0 Å². The van der Waals surface area contributed by atoms with Gasteiger partial charge in [0.15, 0.2) is 5.16 Å². The number of anilines is 1. The molecule has 0 unspecified atom stereocenters. The third-order valence-electron chi connectivity index (χ3n) is 5.78. The van der Waals surface area contributed by atoms with Gasteiger partial charge in [0.1, 0.15) is 0 Å². The Labute approximate surface area is 216 Å². The first-order valence-corrected chi connectivity index (χ1v) is 13.6. The number of rotatable bonds is 7. The zero-order valence-electron chi connectivity index (χ0n) is 19.5. The Kier molecular flexibility index (Phi) is 6.40. The van der Waals surface area contributed by atoms with Crippen molar-refractivity contribution in [1.29, 1.82) is 0 Å². The van der Waals surface area contributed by atoms with Crippen LogP contribution in [0.2, 0.25) is 0 Å². The van der Waals surface area contributed by atoms with Crippen LogP contribution in [0.3, 0.4) is 0 Å². The number of nitrogens with zero attached hydrogens (tertiary/aromatic N) is 3. The molecule has 0 radical (unpaired) electrons. The largest absolute Gasteiger partial charge is 0.325 e. The second kappa shape index (κ2) is 9.68. The van der Waals surface area contributed by atoms with E-state index in [1.54, 1.807) is 49.4 Å². The number of benzene rings is 4. The maximum absolute atomic E-state index is 13.8. The number of imidazole rings is 1. The van der Waals surface area contributed by atoms with Crippen molar-refractivity contribution in [1.82, 2.24) is 8.96 Å². The first-order chi connectivity index (χ1) is 17.7. The third-order valence-corrected chi connectivity index (χ3v) is 8.53. The molecule has 0 aliphatic carbocycles. The lowest BCUT2D eigenvalue weighted by Crippen LogP contribution is -2.17. The fourth-order valence-electron chi connectivity index (χ4n) is 3.96. The highest BCUT2D eigenvalue weighted by molar-refractivity contribution is 8.00. The van der Waals surface area contributed by atoms with Gasteiger partial charge in [0.05, 0.1) is 26.6 Å². The molecule has 0 aliphatic rings. The van der Waals surface area contributed by atoms with Gasteiger partial charge < -0.3 is 5.32 Å². The molecule has 5 rings (SSSR count). The van der Waals surface area contributed by atoms with Crippen molar-refractivity contribution in [2.24, 2.45) is 0 Å². The summed E-state index contributed by atoms with van der Waals surface area (Å²) in [7, 11) is -4.03. The van der Waals surface area contributed by atoms with Crippen molar-refractivity contribution in [3.63, 3.8) is 0 Å². The van der Waals surface area contributed by atoms with Crippen molar-refractivity contribution < 1.29 is 18.1 Å². The normalized spacial score (nSPS) is 11.6. The average molecular weight is 533 g/mol. The van der Waals surface area contributed by atoms with E-state index in [9.17, 15) is 23.3 Å². The molecule has 1 aromatic heterocycles. The lowest BCUT2D eigenvalue weighted by molar-refractivity contribution is -0.384. The van der Waals surface area contributed by atoms with Crippen LogP contribution in [0.5, 0.6) is 0 Å². The summed E-state index contributed by atoms with van der Waals surface area (Å²) in [5.41, 5.74) is 1.80. The van der Waals surface area contributed by atoms with Crippen LogP contribution < -0.4 is 5.32 Å². The number of fused-ring (bicyclic) bond motifs is 2. The van der Waals surface area contributed by atoms with E-state index < -0.39 is 20.9 Å². The highest BCUT2D eigenvalue weighted by Gasteiger charge is 2.25.